The first-order chi connectivity index (χ1) is 17.7. The summed E-state index contributed by atoms with van der Waals surface area (Å²) in [4.78, 5) is 2.43. The van der Waals surface area contributed by atoms with Crippen molar-refractivity contribution in [2.24, 2.45) is 0 Å². The standard InChI is InChI=1S/C32H33NO3/c1-34-28-10-6-9-25(22-28)30-17-13-26-23-29(35-2)16-18-31(26)32(30)36-27-14-11-24(12-15-27)8-7-21-33-19-4-3-5-20-33/h6-7,9-18,21-23H,3-5,8,19-20H2,1-2H3/b21-7+. The van der Waals surface area contributed by atoms with Gasteiger partial charge in [-0.1, -0.05) is 36.4 Å². The second-order valence-corrected chi connectivity index (χ2v) is 9.19. The van der Waals surface area contributed by atoms with E-state index in [-0.39, 0.29) is 0 Å². The predicted octanol–water partition coefficient (Wildman–Crippen LogP) is 7.86. The molecule has 1 aliphatic heterocycles. The van der Waals surface area contributed by atoms with Gasteiger partial charge in [0.25, 0.3) is 0 Å². The van der Waals surface area contributed by atoms with Gasteiger partial charge in [-0.25, -0.2) is 0 Å². The van der Waals surface area contributed by atoms with Crippen LogP contribution in [0.15, 0.2) is 91.1 Å². The third kappa shape index (κ3) is 5.49. The Labute approximate surface area is 213 Å². The summed E-state index contributed by atoms with van der Waals surface area (Å²) in [6.45, 7) is 2.35. The molecular weight excluding hydrogens is 446 g/mol. The van der Waals surface area contributed by atoms with Gasteiger partial charge in [0.1, 0.15) is 23.0 Å². The Morgan fingerprint density at radius 3 is 2.28 bits per heavy atom. The van der Waals surface area contributed by atoms with Gasteiger partial charge < -0.3 is 19.1 Å². The molecule has 0 saturated carbocycles. The Morgan fingerprint density at radius 2 is 1.50 bits per heavy atom. The molecule has 1 aliphatic rings. The summed E-state index contributed by atoms with van der Waals surface area (Å²) in [6, 6.07) is 26.8. The van der Waals surface area contributed by atoms with Gasteiger partial charge in [0.15, 0.2) is 0 Å². The quantitative estimate of drug-likeness (QED) is 0.257. The van der Waals surface area contributed by atoms with E-state index in [1.807, 2.05) is 30.3 Å². The molecule has 4 aromatic carbocycles. The van der Waals surface area contributed by atoms with E-state index < -0.39 is 0 Å². The van der Waals surface area contributed by atoms with Gasteiger partial charge in [-0.2, -0.15) is 0 Å². The molecule has 36 heavy (non-hydrogen) atoms. The number of methoxy groups -OCH3 is 2. The monoisotopic (exact) mass is 479 g/mol. The number of rotatable bonds is 8. The van der Waals surface area contributed by atoms with E-state index in [1.165, 1.54) is 37.9 Å². The maximum atomic E-state index is 6.57. The van der Waals surface area contributed by atoms with Crippen LogP contribution in [0.1, 0.15) is 24.8 Å². The Balaban J connectivity index is 1.43. The lowest BCUT2D eigenvalue weighted by Crippen LogP contribution is -2.24. The van der Waals surface area contributed by atoms with Crippen LogP contribution in [0.3, 0.4) is 0 Å². The number of likely N-dealkylation sites (tertiary alicyclic amines) is 1. The summed E-state index contributed by atoms with van der Waals surface area (Å²) in [5.74, 6) is 3.27. The Hall–Kier alpha value is -3.92. The van der Waals surface area contributed by atoms with Crippen molar-refractivity contribution in [3.63, 3.8) is 0 Å². The van der Waals surface area contributed by atoms with Gasteiger partial charge >= 0.3 is 0 Å². The van der Waals surface area contributed by atoms with Gasteiger partial charge in [0, 0.05) is 24.0 Å². The Kier molecular flexibility index (Phi) is 7.41. The van der Waals surface area contributed by atoms with Crippen LogP contribution in [0.25, 0.3) is 21.9 Å². The second-order valence-electron chi connectivity index (χ2n) is 9.19. The van der Waals surface area contributed by atoms with Crippen molar-refractivity contribution in [3.8, 4) is 34.1 Å². The first-order valence-corrected chi connectivity index (χ1v) is 12.7. The van der Waals surface area contributed by atoms with Crippen molar-refractivity contribution in [1.29, 1.82) is 0 Å². The van der Waals surface area contributed by atoms with Crippen molar-refractivity contribution in [1.82, 2.24) is 4.90 Å². The van der Waals surface area contributed by atoms with E-state index in [4.69, 9.17) is 14.2 Å². The van der Waals surface area contributed by atoms with Crippen LogP contribution >= 0.6 is 0 Å². The summed E-state index contributed by atoms with van der Waals surface area (Å²) in [5.41, 5.74) is 3.33. The van der Waals surface area contributed by atoms with Crippen LogP contribution in [0.2, 0.25) is 0 Å². The molecule has 0 aromatic heterocycles. The number of hydrogen-bond donors (Lipinski definition) is 0. The number of nitrogens with zero attached hydrogens (tertiary/aromatic N) is 1. The van der Waals surface area contributed by atoms with Gasteiger partial charge in [0.2, 0.25) is 0 Å². The maximum Gasteiger partial charge on any atom is 0.143 e. The molecule has 4 aromatic rings. The van der Waals surface area contributed by atoms with E-state index >= 15 is 0 Å². The molecule has 184 valence electrons. The molecule has 0 atom stereocenters. The molecule has 1 saturated heterocycles. The molecular formula is C32H33NO3. The van der Waals surface area contributed by atoms with Crippen molar-refractivity contribution >= 4 is 10.8 Å². The van der Waals surface area contributed by atoms with Gasteiger partial charge in [0.05, 0.1) is 14.2 Å². The third-order valence-electron chi connectivity index (χ3n) is 6.76. The number of hydrogen-bond acceptors (Lipinski definition) is 4. The smallest absolute Gasteiger partial charge is 0.143 e. The number of benzene rings is 4. The highest BCUT2D eigenvalue weighted by molar-refractivity contribution is 5.96. The van der Waals surface area contributed by atoms with Crippen LogP contribution in [0, 0.1) is 0 Å². The average Bonchev–Trinajstić information content (AvgIpc) is 2.94. The summed E-state index contributed by atoms with van der Waals surface area (Å²) in [6.07, 6.45) is 9.40. The number of allylic oxidation sites excluding steroid dienone is 1. The minimum atomic E-state index is 0.811. The molecule has 0 amide bonds. The third-order valence-corrected chi connectivity index (χ3v) is 6.76. The minimum absolute atomic E-state index is 0.811. The van der Waals surface area contributed by atoms with E-state index in [9.17, 15) is 0 Å². The molecule has 5 rings (SSSR count). The molecule has 4 nitrogen and oxygen atoms in total. The summed E-state index contributed by atoms with van der Waals surface area (Å²) in [7, 11) is 3.37. The largest absolute Gasteiger partial charge is 0.497 e. The number of fused-ring (bicyclic) bond motifs is 1. The highest BCUT2D eigenvalue weighted by Gasteiger charge is 2.14. The van der Waals surface area contributed by atoms with Crippen molar-refractivity contribution < 1.29 is 14.2 Å². The summed E-state index contributed by atoms with van der Waals surface area (Å²) in [5, 5.41) is 2.10. The van der Waals surface area contributed by atoms with Crippen LogP contribution in [0.4, 0.5) is 0 Å². The van der Waals surface area contributed by atoms with Crippen LogP contribution in [0.5, 0.6) is 23.0 Å². The van der Waals surface area contributed by atoms with E-state index in [1.54, 1.807) is 14.2 Å². The molecule has 0 N–H and O–H groups in total. The first kappa shape index (κ1) is 23.8. The first-order valence-electron chi connectivity index (χ1n) is 12.7. The zero-order chi connectivity index (χ0) is 24.7. The molecule has 1 heterocycles. The zero-order valence-electron chi connectivity index (χ0n) is 21.1. The van der Waals surface area contributed by atoms with Crippen molar-refractivity contribution in [2.75, 3.05) is 27.3 Å². The van der Waals surface area contributed by atoms with Gasteiger partial charge in [-0.05, 0) is 96.9 Å². The molecule has 0 bridgehead atoms. The highest BCUT2D eigenvalue weighted by Crippen LogP contribution is 2.41. The lowest BCUT2D eigenvalue weighted by Gasteiger charge is -2.24. The molecule has 0 radical (unpaired) electrons. The second kappa shape index (κ2) is 11.2. The lowest BCUT2D eigenvalue weighted by atomic mass is 9.99. The van der Waals surface area contributed by atoms with E-state index in [0.717, 1.165) is 51.3 Å². The maximum absolute atomic E-state index is 6.57. The Bertz CT molecular complexity index is 1340. The lowest BCUT2D eigenvalue weighted by molar-refractivity contribution is 0.309. The highest BCUT2D eigenvalue weighted by atomic mass is 16.5. The fourth-order valence-corrected chi connectivity index (χ4v) is 4.75. The van der Waals surface area contributed by atoms with Crippen molar-refractivity contribution in [2.45, 2.75) is 25.7 Å². The fraction of sp³-hybridized carbons (Fsp3) is 0.250. The summed E-state index contributed by atoms with van der Waals surface area (Å²) >= 11 is 0. The van der Waals surface area contributed by atoms with E-state index in [0.29, 0.717) is 0 Å². The molecule has 0 spiro atoms. The van der Waals surface area contributed by atoms with Crippen LogP contribution < -0.4 is 14.2 Å². The average molecular weight is 480 g/mol. The molecule has 0 aliphatic carbocycles. The zero-order valence-corrected chi connectivity index (χ0v) is 21.1. The SMILES string of the molecule is COc1cccc(-c2ccc3cc(OC)ccc3c2Oc2ccc(C/C=C/N3CCCCC3)cc2)c1. The summed E-state index contributed by atoms with van der Waals surface area (Å²) < 4.78 is 17.5. The number of piperidine rings is 1. The van der Waals surface area contributed by atoms with Crippen LogP contribution in [-0.4, -0.2) is 32.2 Å². The van der Waals surface area contributed by atoms with Gasteiger partial charge in [-0.3, -0.25) is 0 Å². The minimum Gasteiger partial charge on any atom is -0.497 e. The van der Waals surface area contributed by atoms with Crippen LogP contribution in [-0.2, 0) is 6.42 Å². The van der Waals surface area contributed by atoms with Gasteiger partial charge in [-0.15, -0.1) is 0 Å². The number of ether oxygens (including phenoxy) is 3. The van der Waals surface area contributed by atoms with E-state index in [2.05, 4.69) is 65.7 Å². The molecule has 0 unspecified atom stereocenters. The topological polar surface area (TPSA) is 30.9 Å². The normalized spacial score (nSPS) is 13.8. The fourth-order valence-electron chi connectivity index (χ4n) is 4.75. The Morgan fingerprint density at radius 1 is 0.750 bits per heavy atom. The predicted molar refractivity (Wildman–Crippen MR) is 147 cm³/mol. The molecule has 1 fully saturated rings. The van der Waals surface area contributed by atoms with Crippen molar-refractivity contribution in [3.05, 3.63) is 96.7 Å². The molecule has 4 heteroatoms.